The molecule has 2 atom stereocenters. The summed E-state index contributed by atoms with van der Waals surface area (Å²) >= 11 is 0. The van der Waals surface area contributed by atoms with Gasteiger partial charge in [0, 0.05) is 17.5 Å². The highest BCUT2D eigenvalue weighted by Crippen LogP contribution is 2.18. The third kappa shape index (κ3) is 2.94. The van der Waals surface area contributed by atoms with Crippen molar-refractivity contribution in [1.29, 1.82) is 0 Å². The van der Waals surface area contributed by atoms with E-state index in [1.54, 1.807) is 13.0 Å². The van der Waals surface area contributed by atoms with E-state index in [4.69, 9.17) is 0 Å². The number of hydrogen-bond donors (Lipinski definition) is 1. The second kappa shape index (κ2) is 4.78. The van der Waals surface area contributed by atoms with E-state index in [1.807, 2.05) is 0 Å². The van der Waals surface area contributed by atoms with Gasteiger partial charge in [-0.1, -0.05) is 12.1 Å². The van der Waals surface area contributed by atoms with Gasteiger partial charge in [0.05, 0.1) is 5.75 Å². The SMILES string of the molecule is CC(NC1C=CS(=O)(=O)C1)c1ccc(F)c(F)c1. The molecule has 1 aliphatic heterocycles. The fourth-order valence-corrected chi connectivity index (χ4v) is 3.13. The van der Waals surface area contributed by atoms with E-state index in [0.717, 1.165) is 12.1 Å². The van der Waals surface area contributed by atoms with Crippen LogP contribution >= 0.6 is 0 Å². The van der Waals surface area contributed by atoms with Gasteiger partial charge in [-0.15, -0.1) is 0 Å². The van der Waals surface area contributed by atoms with Crippen LogP contribution in [0.5, 0.6) is 0 Å². The van der Waals surface area contributed by atoms with E-state index in [1.165, 1.54) is 11.5 Å². The van der Waals surface area contributed by atoms with Crippen LogP contribution in [0.2, 0.25) is 0 Å². The Morgan fingerprint density at radius 1 is 1.33 bits per heavy atom. The average Bonchev–Trinajstić information content (AvgIpc) is 2.62. The first-order chi connectivity index (χ1) is 8.37. The zero-order valence-electron chi connectivity index (χ0n) is 9.73. The molecule has 18 heavy (non-hydrogen) atoms. The molecule has 1 N–H and O–H groups in total. The molecule has 0 amide bonds. The van der Waals surface area contributed by atoms with Gasteiger partial charge in [-0.05, 0) is 24.6 Å². The van der Waals surface area contributed by atoms with Crippen LogP contribution < -0.4 is 5.32 Å². The Kier molecular flexibility index (Phi) is 3.49. The van der Waals surface area contributed by atoms with Crippen molar-refractivity contribution in [3.63, 3.8) is 0 Å². The Balaban J connectivity index is 2.06. The lowest BCUT2D eigenvalue weighted by molar-refractivity contribution is 0.496. The number of sulfone groups is 1. The molecule has 2 unspecified atom stereocenters. The number of nitrogens with one attached hydrogen (secondary N) is 1. The molecule has 98 valence electrons. The summed E-state index contributed by atoms with van der Waals surface area (Å²) in [6.45, 7) is 1.77. The Labute approximate surface area is 104 Å². The van der Waals surface area contributed by atoms with Gasteiger partial charge in [-0.3, -0.25) is 0 Å². The van der Waals surface area contributed by atoms with E-state index >= 15 is 0 Å². The summed E-state index contributed by atoms with van der Waals surface area (Å²) in [6, 6.07) is 3.09. The molecule has 0 saturated heterocycles. The molecule has 1 heterocycles. The lowest BCUT2D eigenvalue weighted by atomic mass is 10.1. The predicted octanol–water partition coefficient (Wildman–Crippen LogP) is 1.93. The van der Waals surface area contributed by atoms with Crippen LogP contribution in [0.3, 0.4) is 0 Å². The Morgan fingerprint density at radius 3 is 2.61 bits per heavy atom. The minimum Gasteiger partial charge on any atom is -0.303 e. The number of halogens is 2. The average molecular weight is 273 g/mol. The molecule has 0 aliphatic carbocycles. The van der Waals surface area contributed by atoms with Gasteiger partial charge in [0.25, 0.3) is 0 Å². The third-order valence-corrected chi connectivity index (χ3v) is 4.23. The minimum absolute atomic E-state index is 0.00101. The van der Waals surface area contributed by atoms with E-state index in [-0.39, 0.29) is 17.8 Å². The van der Waals surface area contributed by atoms with Crippen LogP contribution in [-0.4, -0.2) is 20.2 Å². The highest BCUT2D eigenvalue weighted by Gasteiger charge is 2.23. The summed E-state index contributed by atoms with van der Waals surface area (Å²) in [6.07, 6.45) is 1.56. The van der Waals surface area contributed by atoms with Crippen LogP contribution in [-0.2, 0) is 9.84 Å². The third-order valence-electron chi connectivity index (χ3n) is 2.84. The number of rotatable bonds is 3. The van der Waals surface area contributed by atoms with Crippen LogP contribution in [0.1, 0.15) is 18.5 Å². The maximum absolute atomic E-state index is 13.1. The molecular formula is C12H13F2NO2S. The van der Waals surface area contributed by atoms with Crippen LogP contribution in [0.25, 0.3) is 0 Å². The van der Waals surface area contributed by atoms with Crippen molar-refractivity contribution in [3.05, 3.63) is 46.9 Å². The van der Waals surface area contributed by atoms with Crippen molar-refractivity contribution < 1.29 is 17.2 Å². The molecule has 0 fully saturated rings. The molecule has 1 aromatic carbocycles. The maximum atomic E-state index is 13.1. The monoisotopic (exact) mass is 273 g/mol. The Bertz CT molecular complexity index is 584. The van der Waals surface area contributed by atoms with Crippen LogP contribution in [0.4, 0.5) is 8.78 Å². The quantitative estimate of drug-likeness (QED) is 0.915. The zero-order valence-corrected chi connectivity index (χ0v) is 10.5. The van der Waals surface area contributed by atoms with Crippen molar-refractivity contribution in [1.82, 2.24) is 5.32 Å². The van der Waals surface area contributed by atoms with Crippen molar-refractivity contribution >= 4 is 9.84 Å². The van der Waals surface area contributed by atoms with E-state index in [9.17, 15) is 17.2 Å². The second-order valence-corrected chi connectivity index (χ2v) is 6.26. The molecule has 0 radical (unpaired) electrons. The van der Waals surface area contributed by atoms with Crippen LogP contribution in [0.15, 0.2) is 29.7 Å². The molecule has 0 spiro atoms. The minimum atomic E-state index is -3.12. The van der Waals surface area contributed by atoms with Crippen molar-refractivity contribution in [2.24, 2.45) is 0 Å². The second-order valence-electron chi connectivity index (χ2n) is 4.33. The Hall–Kier alpha value is -1.27. The van der Waals surface area contributed by atoms with Gasteiger partial charge in [-0.25, -0.2) is 17.2 Å². The van der Waals surface area contributed by atoms with E-state index < -0.39 is 21.5 Å². The molecule has 3 nitrogen and oxygen atoms in total. The Morgan fingerprint density at radius 2 is 2.06 bits per heavy atom. The first-order valence-corrected chi connectivity index (χ1v) is 7.21. The zero-order chi connectivity index (χ0) is 13.3. The highest BCUT2D eigenvalue weighted by molar-refractivity contribution is 7.94. The lowest BCUT2D eigenvalue weighted by Gasteiger charge is -2.18. The van der Waals surface area contributed by atoms with Gasteiger partial charge < -0.3 is 5.32 Å². The summed E-state index contributed by atoms with van der Waals surface area (Å²) in [5, 5.41) is 4.21. The van der Waals surface area contributed by atoms with Crippen molar-refractivity contribution in [2.45, 2.75) is 19.0 Å². The standard InChI is InChI=1S/C12H13F2NO2S/c1-8(9-2-3-11(13)12(14)6-9)15-10-4-5-18(16,17)7-10/h2-6,8,10,15H,7H2,1H3. The predicted molar refractivity (Wildman–Crippen MR) is 64.6 cm³/mol. The van der Waals surface area contributed by atoms with Gasteiger partial charge in [-0.2, -0.15) is 0 Å². The van der Waals surface area contributed by atoms with Gasteiger partial charge >= 0.3 is 0 Å². The topological polar surface area (TPSA) is 46.2 Å². The smallest absolute Gasteiger partial charge is 0.173 e. The molecule has 0 bridgehead atoms. The summed E-state index contributed by atoms with van der Waals surface area (Å²) in [4.78, 5) is 0. The highest BCUT2D eigenvalue weighted by atomic mass is 32.2. The van der Waals surface area contributed by atoms with Crippen molar-refractivity contribution in [2.75, 3.05) is 5.75 Å². The molecule has 0 saturated carbocycles. The normalized spacial score (nSPS) is 23.2. The molecule has 0 aromatic heterocycles. The molecular weight excluding hydrogens is 260 g/mol. The molecule has 1 aliphatic rings. The first kappa shape index (κ1) is 13.2. The summed E-state index contributed by atoms with van der Waals surface area (Å²) in [7, 11) is -3.12. The van der Waals surface area contributed by atoms with Gasteiger partial charge in [0.1, 0.15) is 0 Å². The lowest BCUT2D eigenvalue weighted by Crippen LogP contribution is -2.32. The fourth-order valence-electron chi connectivity index (χ4n) is 1.88. The van der Waals surface area contributed by atoms with Crippen LogP contribution in [0, 0.1) is 11.6 Å². The molecule has 6 heteroatoms. The van der Waals surface area contributed by atoms with E-state index in [2.05, 4.69) is 5.32 Å². The van der Waals surface area contributed by atoms with Crippen molar-refractivity contribution in [3.8, 4) is 0 Å². The largest absolute Gasteiger partial charge is 0.303 e. The summed E-state index contributed by atoms with van der Waals surface area (Å²) in [5.41, 5.74) is 0.576. The number of hydrogen-bond acceptors (Lipinski definition) is 3. The summed E-state index contributed by atoms with van der Waals surface area (Å²) < 4.78 is 48.3. The van der Waals surface area contributed by atoms with E-state index in [0.29, 0.717) is 5.56 Å². The van der Waals surface area contributed by atoms with Gasteiger partial charge in [0.2, 0.25) is 0 Å². The summed E-state index contributed by atoms with van der Waals surface area (Å²) in [5.74, 6) is -1.80. The number of benzene rings is 1. The molecule has 1 aromatic rings. The van der Waals surface area contributed by atoms with Gasteiger partial charge in [0.15, 0.2) is 21.5 Å². The maximum Gasteiger partial charge on any atom is 0.173 e. The first-order valence-electron chi connectivity index (χ1n) is 5.49. The molecule has 2 rings (SSSR count). The fraction of sp³-hybridized carbons (Fsp3) is 0.333.